The van der Waals surface area contributed by atoms with E-state index in [-0.39, 0.29) is 11.5 Å². The second-order valence-corrected chi connectivity index (χ2v) is 5.92. The van der Waals surface area contributed by atoms with Crippen LogP contribution in [0.4, 0.5) is 5.69 Å². The molecule has 2 heterocycles. The maximum absolute atomic E-state index is 12.1. The molecule has 0 saturated heterocycles. The zero-order chi connectivity index (χ0) is 15.5. The van der Waals surface area contributed by atoms with Crippen molar-refractivity contribution in [2.24, 2.45) is 0 Å². The lowest BCUT2D eigenvalue weighted by atomic mass is 10.0. The molecule has 2 N–H and O–H groups in total. The van der Waals surface area contributed by atoms with Gasteiger partial charge in [-0.2, -0.15) is 11.3 Å². The van der Waals surface area contributed by atoms with Crippen LogP contribution in [0.5, 0.6) is 0 Å². The average Bonchev–Trinajstić information content (AvgIpc) is 3.01. The summed E-state index contributed by atoms with van der Waals surface area (Å²) in [6.45, 7) is 2.09. The molecule has 0 bridgehead atoms. The number of hydrogen-bond acceptors (Lipinski definition) is 3. The second-order valence-electron chi connectivity index (χ2n) is 5.14. The van der Waals surface area contributed by atoms with E-state index in [1.165, 1.54) is 11.3 Å². The van der Waals surface area contributed by atoms with E-state index >= 15 is 0 Å². The number of H-pyrrole nitrogens is 1. The van der Waals surface area contributed by atoms with Gasteiger partial charge in [-0.15, -0.1) is 0 Å². The largest absolute Gasteiger partial charge is 0.322 e. The van der Waals surface area contributed by atoms with Crippen molar-refractivity contribution in [3.8, 4) is 0 Å². The minimum Gasteiger partial charge on any atom is -0.322 e. The lowest BCUT2D eigenvalue weighted by molar-refractivity contribution is 0.102. The zero-order valence-corrected chi connectivity index (χ0v) is 13.0. The fourth-order valence-electron chi connectivity index (χ4n) is 2.48. The molecule has 0 unspecified atom stereocenters. The van der Waals surface area contributed by atoms with Gasteiger partial charge in [0, 0.05) is 22.5 Å². The van der Waals surface area contributed by atoms with E-state index in [0.717, 1.165) is 29.3 Å². The van der Waals surface area contributed by atoms with Crippen LogP contribution in [0, 0.1) is 0 Å². The Kier molecular flexibility index (Phi) is 4.06. The molecule has 1 aromatic carbocycles. The lowest BCUT2D eigenvalue weighted by Crippen LogP contribution is -2.11. The van der Waals surface area contributed by atoms with Crippen molar-refractivity contribution < 1.29 is 4.79 Å². The van der Waals surface area contributed by atoms with E-state index in [9.17, 15) is 9.59 Å². The molecule has 3 rings (SSSR count). The first-order valence-corrected chi connectivity index (χ1v) is 8.11. The molecular formula is C17H16N2O2S. The topological polar surface area (TPSA) is 62.0 Å². The average molecular weight is 312 g/mol. The number of carbonyl (C=O) groups excluding carboxylic acids is 1. The van der Waals surface area contributed by atoms with Crippen LogP contribution in [0.1, 0.15) is 29.3 Å². The number of aryl methyl sites for hydroxylation is 1. The van der Waals surface area contributed by atoms with Crippen LogP contribution in [-0.4, -0.2) is 10.9 Å². The van der Waals surface area contributed by atoms with Crippen molar-refractivity contribution in [1.82, 2.24) is 4.98 Å². The third-order valence-corrected chi connectivity index (χ3v) is 4.17. The van der Waals surface area contributed by atoms with E-state index in [2.05, 4.69) is 17.2 Å². The highest BCUT2D eigenvalue weighted by atomic mass is 32.1. The van der Waals surface area contributed by atoms with Gasteiger partial charge in [-0.1, -0.05) is 19.4 Å². The van der Waals surface area contributed by atoms with Crippen molar-refractivity contribution >= 4 is 33.8 Å². The highest BCUT2D eigenvalue weighted by molar-refractivity contribution is 7.08. The number of rotatable bonds is 4. The Morgan fingerprint density at radius 1 is 1.27 bits per heavy atom. The summed E-state index contributed by atoms with van der Waals surface area (Å²) in [5.41, 5.74) is 2.99. The fraction of sp³-hybridized carbons (Fsp3) is 0.176. The molecule has 3 aromatic rings. The van der Waals surface area contributed by atoms with Gasteiger partial charge < -0.3 is 10.3 Å². The van der Waals surface area contributed by atoms with E-state index < -0.39 is 0 Å². The van der Waals surface area contributed by atoms with E-state index in [0.29, 0.717) is 11.3 Å². The minimum atomic E-state index is -0.146. The predicted octanol–water partition coefficient (Wildman–Crippen LogP) is 3.79. The van der Waals surface area contributed by atoms with E-state index in [4.69, 9.17) is 0 Å². The van der Waals surface area contributed by atoms with Crippen molar-refractivity contribution in [2.45, 2.75) is 19.8 Å². The Bertz CT molecular complexity index is 866. The molecule has 112 valence electrons. The van der Waals surface area contributed by atoms with Gasteiger partial charge in [-0.3, -0.25) is 9.59 Å². The first kappa shape index (κ1) is 14.5. The maximum atomic E-state index is 12.1. The molecule has 0 saturated carbocycles. The molecule has 0 radical (unpaired) electrons. The number of carbonyl (C=O) groups is 1. The molecule has 0 spiro atoms. The zero-order valence-electron chi connectivity index (χ0n) is 12.2. The number of hydrogen-bond donors (Lipinski definition) is 2. The Morgan fingerprint density at radius 3 is 2.86 bits per heavy atom. The van der Waals surface area contributed by atoms with Gasteiger partial charge in [0.1, 0.15) is 0 Å². The molecule has 4 nitrogen and oxygen atoms in total. The third kappa shape index (κ3) is 2.94. The first-order chi connectivity index (χ1) is 10.7. The van der Waals surface area contributed by atoms with Crippen LogP contribution in [0.3, 0.4) is 0 Å². The van der Waals surface area contributed by atoms with Gasteiger partial charge in [0.15, 0.2) is 0 Å². The molecule has 2 aromatic heterocycles. The molecule has 1 amide bonds. The van der Waals surface area contributed by atoms with Gasteiger partial charge in [-0.05, 0) is 35.6 Å². The molecular weight excluding hydrogens is 296 g/mol. The number of aromatic nitrogens is 1. The second kappa shape index (κ2) is 6.15. The molecule has 5 heteroatoms. The Morgan fingerprint density at radius 2 is 2.14 bits per heavy atom. The summed E-state index contributed by atoms with van der Waals surface area (Å²) in [5.74, 6) is -0.146. The van der Waals surface area contributed by atoms with E-state index in [1.54, 1.807) is 23.6 Å². The summed E-state index contributed by atoms with van der Waals surface area (Å²) >= 11 is 1.48. The van der Waals surface area contributed by atoms with Crippen LogP contribution in [-0.2, 0) is 6.42 Å². The molecule has 0 atom stereocenters. The van der Waals surface area contributed by atoms with Crippen LogP contribution in [0.2, 0.25) is 0 Å². The van der Waals surface area contributed by atoms with Crippen molar-refractivity contribution in [1.29, 1.82) is 0 Å². The number of fused-ring (bicyclic) bond motifs is 1. The number of nitrogens with one attached hydrogen (secondary N) is 2. The van der Waals surface area contributed by atoms with Crippen LogP contribution < -0.4 is 10.9 Å². The number of benzene rings is 1. The number of amides is 1. The van der Waals surface area contributed by atoms with Crippen LogP contribution >= 0.6 is 11.3 Å². The summed E-state index contributed by atoms with van der Waals surface area (Å²) in [7, 11) is 0. The summed E-state index contributed by atoms with van der Waals surface area (Å²) in [6, 6.07) is 9.04. The highest BCUT2D eigenvalue weighted by Gasteiger charge is 2.08. The van der Waals surface area contributed by atoms with Crippen LogP contribution in [0.15, 0.2) is 45.9 Å². The normalized spacial score (nSPS) is 10.8. The molecule has 22 heavy (non-hydrogen) atoms. The smallest absolute Gasteiger partial charge is 0.256 e. The summed E-state index contributed by atoms with van der Waals surface area (Å²) in [5, 5.41) is 7.54. The standard InChI is InChI=1S/C17H16N2O2S/c1-2-3-11-8-16(20)19-15-9-13(4-5-14(11)15)18-17(21)12-6-7-22-10-12/h4-10H,2-3H2,1H3,(H,18,21)(H,19,20). The fourth-order valence-corrected chi connectivity index (χ4v) is 3.12. The number of anilines is 1. The molecule has 0 aliphatic carbocycles. The van der Waals surface area contributed by atoms with Crippen LogP contribution in [0.25, 0.3) is 10.9 Å². The van der Waals surface area contributed by atoms with Crippen molar-refractivity contribution in [3.63, 3.8) is 0 Å². The lowest BCUT2D eigenvalue weighted by Gasteiger charge is -2.08. The molecule has 0 aliphatic heterocycles. The monoisotopic (exact) mass is 312 g/mol. The quantitative estimate of drug-likeness (QED) is 0.770. The summed E-state index contributed by atoms with van der Waals surface area (Å²) in [4.78, 5) is 26.7. The Labute approximate surface area is 131 Å². The molecule has 0 fully saturated rings. The van der Waals surface area contributed by atoms with Gasteiger partial charge in [0.05, 0.1) is 11.1 Å². The van der Waals surface area contributed by atoms with Gasteiger partial charge >= 0.3 is 0 Å². The number of thiophene rings is 1. The predicted molar refractivity (Wildman–Crippen MR) is 90.8 cm³/mol. The summed E-state index contributed by atoms with van der Waals surface area (Å²) in [6.07, 6.45) is 1.84. The Hall–Kier alpha value is -2.40. The van der Waals surface area contributed by atoms with Gasteiger partial charge in [-0.25, -0.2) is 0 Å². The molecule has 0 aliphatic rings. The highest BCUT2D eigenvalue weighted by Crippen LogP contribution is 2.21. The van der Waals surface area contributed by atoms with Crippen molar-refractivity contribution in [2.75, 3.05) is 5.32 Å². The van der Waals surface area contributed by atoms with E-state index in [1.807, 2.05) is 17.5 Å². The maximum Gasteiger partial charge on any atom is 0.256 e. The van der Waals surface area contributed by atoms with Gasteiger partial charge in [0.25, 0.3) is 5.91 Å². The SMILES string of the molecule is CCCc1cc(=O)[nH]c2cc(NC(=O)c3ccsc3)ccc12. The number of aromatic amines is 1. The minimum absolute atomic E-state index is 0.114. The number of pyridine rings is 1. The third-order valence-electron chi connectivity index (χ3n) is 3.49. The first-order valence-electron chi connectivity index (χ1n) is 7.17. The summed E-state index contributed by atoms with van der Waals surface area (Å²) < 4.78 is 0. The van der Waals surface area contributed by atoms with Gasteiger partial charge in [0.2, 0.25) is 5.56 Å². The van der Waals surface area contributed by atoms with Crippen molar-refractivity contribution in [3.05, 3.63) is 62.6 Å². The Balaban J connectivity index is 1.96.